The van der Waals surface area contributed by atoms with Gasteiger partial charge in [-0.15, -0.1) is 0 Å². The van der Waals surface area contributed by atoms with Gasteiger partial charge in [0, 0.05) is 16.7 Å². The average molecular weight is 310 g/mol. The third-order valence-corrected chi connectivity index (χ3v) is 3.40. The molecule has 0 aliphatic rings. The molecular weight excluding hydrogens is 297 g/mol. The molecule has 0 amide bonds. The second kappa shape index (κ2) is 5.98. The third kappa shape index (κ3) is 3.31. The summed E-state index contributed by atoms with van der Waals surface area (Å²) in [5.41, 5.74) is 2.66. The van der Waals surface area contributed by atoms with Gasteiger partial charge in [0.15, 0.2) is 0 Å². The highest BCUT2D eigenvalue weighted by Gasteiger charge is 2.01. The first kappa shape index (κ1) is 13.1. The van der Waals surface area contributed by atoms with E-state index in [1.165, 1.54) is 12.1 Å². The summed E-state index contributed by atoms with van der Waals surface area (Å²) in [6.07, 6.45) is 0. The maximum Gasteiger partial charge on any atom is 0.123 e. The van der Waals surface area contributed by atoms with Crippen LogP contribution >= 0.6 is 15.9 Å². The average Bonchev–Trinajstić information content (AvgIpc) is 2.40. The van der Waals surface area contributed by atoms with Crippen LogP contribution in [0.15, 0.2) is 46.9 Å². The highest BCUT2D eigenvalue weighted by Crippen LogP contribution is 2.19. The van der Waals surface area contributed by atoms with Gasteiger partial charge in [-0.3, -0.25) is 0 Å². The van der Waals surface area contributed by atoms with Crippen LogP contribution in [0.3, 0.4) is 0 Å². The largest absolute Gasteiger partial charge is 0.392 e. The number of hydrogen-bond donors (Lipinski definition) is 2. The van der Waals surface area contributed by atoms with E-state index in [1.54, 1.807) is 6.07 Å². The molecule has 0 spiro atoms. The predicted octanol–water partition coefficient (Wildman–Crippen LogP) is 3.69. The lowest BCUT2D eigenvalue weighted by atomic mass is 10.2. The summed E-state index contributed by atoms with van der Waals surface area (Å²) in [7, 11) is 0. The van der Waals surface area contributed by atoms with Gasteiger partial charge in [0.25, 0.3) is 0 Å². The lowest BCUT2D eigenvalue weighted by Gasteiger charge is -2.09. The van der Waals surface area contributed by atoms with Gasteiger partial charge in [-0.2, -0.15) is 0 Å². The molecule has 0 radical (unpaired) electrons. The number of aliphatic hydroxyl groups excluding tert-OH is 1. The van der Waals surface area contributed by atoms with Crippen molar-refractivity contribution in [3.05, 3.63) is 63.9 Å². The third-order valence-electron chi connectivity index (χ3n) is 2.63. The van der Waals surface area contributed by atoms with E-state index in [4.69, 9.17) is 5.11 Å². The first-order valence-corrected chi connectivity index (χ1v) is 6.36. The van der Waals surface area contributed by atoms with E-state index >= 15 is 0 Å². The normalized spacial score (nSPS) is 10.4. The first-order valence-electron chi connectivity index (χ1n) is 5.56. The van der Waals surface area contributed by atoms with Crippen molar-refractivity contribution in [1.29, 1.82) is 0 Å². The standard InChI is InChI=1S/C14H13BrFNO/c15-14-6-3-12(16)7-11(14)8-17-13-4-1-10(9-18)2-5-13/h1-7,17-18H,8-9H2. The minimum absolute atomic E-state index is 0.0374. The topological polar surface area (TPSA) is 32.3 Å². The van der Waals surface area contributed by atoms with Gasteiger partial charge >= 0.3 is 0 Å². The van der Waals surface area contributed by atoms with Gasteiger partial charge in [-0.25, -0.2) is 4.39 Å². The Bertz CT molecular complexity index is 528. The van der Waals surface area contributed by atoms with Crippen molar-refractivity contribution < 1.29 is 9.50 Å². The second-order valence-electron chi connectivity index (χ2n) is 3.94. The van der Waals surface area contributed by atoms with E-state index in [0.717, 1.165) is 21.3 Å². The number of halogens is 2. The van der Waals surface area contributed by atoms with Crippen molar-refractivity contribution in [3.8, 4) is 0 Å². The number of nitrogens with one attached hydrogen (secondary N) is 1. The van der Waals surface area contributed by atoms with E-state index < -0.39 is 0 Å². The fourth-order valence-electron chi connectivity index (χ4n) is 1.60. The van der Waals surface area contributed by atoms with Gasteiger partial charge in [-0.05, 0) is 41.5 Å². The zero-order chi connectivity index (χ0) is 13.0. The van der Waals surface area contributed by atoms with Crippen molar-refractivity contribution in [2.45, 2.75) is 13.2 Å². The summed E-state index contributed by atoms with van der Waals surface area (Å²) in [4.78, 5) is 0. The van der Waals surface area contributed by atoms with E-state index in [0.29, 0.717) is 6.54 Å². The molecule has 0 bridgehead atoms. The number of aliphatic hydroxyl groups is 1. The molecule has 0 aliphatic heterocycles. The van der Waals surface area contributed by atoms with Crippen molar-refractivity contribution in [1.82, 2.24) is 0 Å². The maximum atomic E-state index is 13.1. The zero-order valence-electron chi connectivity index (χ0n) is 9.66. The Balaban J connectivity index is 2.04. The molecule has 0 aliphatic carbocycles. The fourth-order valence-corrected chi connectivity index (χ4v) is 1.99. The first-order chi connectivity index (χ1) is 8.69. The minimum atomic E-state index is -0.245. The van der Waals surface area contributed by atoms with E-state index in [2.05, 4.69) is 21.2 Å². The highest BCUT2D eigenvalue weighted by atomic mass is 79.9. The second-order valence-corrected chi connectivity index (χ2v) is 4.80. The minimum Gasteiger partial charge on any atom is -0.392 e. The molecule has 0 atom stereocenters. The Kier molecular flexibility index (Phi) is 4.33. The molecule has 2 N–H and O–H groups in total. The summed E-state index contributed by atoms with van der Waals surface area (Å²) < 4.78 is 14.0. The van der Waals surface area contributed by atoms with E-state index in [1.807, 2.05) is 24.3 Å². The van der Waals surface area contributed by atoms with Crippen molar-refractivity contribution in [2.75, 3.05) is 5.32 Å². The van der Waals surface area contributed by atoms with Crippen LogP contribution in [-0.2, 0) is 13.2 Å². The van der Waals surface area contributed by atoms with Gasteiger partial charge in [-0.1, -0.05) is 28.1 Å². The number of hydrogen-bond acceptors (Lipinski definition) is 2. The van der Waals surface area contributed by atoms with Crippen molar-refractivity contribution in [2.24, 2.45) is 0 Å². The fraction of sp³-hybridized carbons (Fsp3) is 0.143. The van der Waals surface area contributed by atoms with Gasteiger partial charge in [0.2, 0.25) is 0 Å². The van der Waals surface area contributed by atoms with Crippen LogP contribution in [0.4, 0.5) is 10.1 Å². The molecular formula is C14H13BrFNO. The monoisotopic (exact) mass is 309 g/mol. The van der Waals surface area contributed by atoms with Crippen molar-refractivity contribution in [3.63, 3.8) is 0 Å². The lowest BCUT2D eigenvalue weighted by Crippen LogP contribution is -2.00. The molecule has 94 valence electrons. The quantitative estimate of drug-likeness (QED) is 0.902. The van der Waals surface area contributed by atoms with Gasteiger partial charge in [0.1, 0.15) is 5.82 Å². The van der Waals surface area contributed by atoms with E-state index in [-0.39, 0.29) is 12.4 Å². The zero-order valence-corrected chi connectivity index (χ0v) is 11.2. The SMILES string of the molecule is OCc1ccc(NCc2cc(F)ccc2Br)cc1. The summed E-state index contributed by atoms with van der Waals surface area (Å²) >= 11 is 3.39. The van der Waals surface area contributed by atoms with Crippen LogP contribution < -0.4 is 5.32 Å². The molecule has 0 heterocycles. The van der Waals surface area contributed by atoms with E-state index in [9.17, 15) is 4.39 Å². The van der Waals surface area contributed by atoms with Gasteiger partial charge in [0.05, 0.1) is 6.61 Å². The summed E-state index contributed by atoms with van der Waals surface area (Å²) in [6, 6.07) is 12.1. The van der Waals surface area contributed by atoms with Crippen LogP contribution in [0.25, 0.3) is 0 Å². The molecule has 0 saturated carbocycles. The van der Waals surface area contributed by atoms with Crippen LogP contribution in [-0.4, -0.2) is 5.11 Å². The smallest absolute Gasteiger partial charge is 0.123 e. The number of anilines is 1. The molecule has 2 rings (SSSR count). The Morgan fingerprint density at radius 1 is 1.11 bits per heavy atom. The molecule has 0 aromatic heterocycles. The molecule has 0 fully saturated rings. The Morgan fingerprint density at radius 2 is 1.83 bits per heavy atom. The van der Waals surface area contributed by atoms with Crippen LogP contribution in [0.5, 0.6) is 0 Å². The summed E-state index contributed by atoms with van der Waals surface area (Å²) in [6.45, 7) is 0.576. The van der Waals surface area contributed by atoms with Crippen LogP contribution in [0.1, 0.15) is 11.1 Å². The Morgan fingerprint density at radius 3 is 2.50 bits per heavy atom. The Labute approximate surface area is 114 Å². The van der Waals surface area contributed by atoms with Crippen LogP contribution in [0, 0.1) is 5.82 Å². The molecule has 2 aromatic rings. The summed E-state index contributed by atoms with van der Waals surface area (Å²) in [5, 5.41) is 12.1. The highest BCUT2D eigenvalue weighted by molar-refractivity contribution is 9.10. The molecule has 4 heteroatoms. The number of rotatable bonds is 4. The lowest BCUT2D eigenvalue weighted by molar-refractivity contribution is 0.282. The van der Waals surface area contributed by atoms with Crippen molar-refractivity contribution >= 4 is 21.6 Å². The Hall–Kier alpha value is -1.39. The molecule has 0 unspecified atom stereocenters. The molecule has 2 aromatic carbocycles. The molecule has 18 heavy (non-hydrogen) atoms. The van der Waals surface area contributed by atoms with Gasteiger partial charge < -0.3 is 10.4 Å². The number of benzene rings is 2. The predicted molar refractivity (Wildman–Crippen MR) is 73.8 cm³/mol. The maximum absolute atomic E-state index is 13.1. The molecule has 0 saturated heterocycles. The molecule has 2 nitrogen and oxygen atoms in total. The summed E-state index contributed by atoms with van der Waals surface area (Å²) in [5.74, 6) is -0.245. The van der Waals surface area contributed by atoms with Crippen LogP contribution in [0.2, 0.25) is 0 Å².